The van der Waals surface area contributed by atoms with Crippen LogP contribution in [-0.2, 0) is 41.9 Å². The third-order valence-corrected chi connectivity index (χ3v) is 18.6. The van der Waals surface area contributed by atoms with E-state index in [0.717, 1.165) is 78.7 Å². The molecular formula is C107H159N9O8+2. The van der Waals surface area contributed by atoms with E-state index >= 15 is 0 Å². The molecule has 0 spiro atoms. The highest BCUT2D eigenvalue weighted by molar-refractivity contribution is 6.01. The third-order valence-electron chi connectivity index (χ3n) is 18.6. The smallest absolute Gasteiger partial charge is 0.339 e. The molecule has 2 unspecified atom stereocenters. The molecule has 7 aromatic carbocycles. The molecule has 15 N–H and O–H groups in total. The molecule has 1 heterocycles. The maximum atomic E-state index is 12.2. The van der Waals surface area contributed by atoms with E-state index in [1.54, 1.807) is 18.5 Å². The molecule has 0 aliphatic carbocycles. The van der Waals surface area contributed by atoms with Crippen molar-refractivity contribution >= 4 is 52.4 Å². The predicted molar refractivity (Wildman–Crippen MR) is 518 cm³/mol. The molecule has 8 rings (SSSR count). The highest BCUT2D eigenvalue weighted by Gasteiger charge is 2.28. The number of ketones is 7. The number of aromatic nitrogens is 1. The molecule has 0 saturated heterocycles. The summed E-state index contributed by atoms with van der Waals surface area (Å²) in [6.07, 6.45) is 7.88. The third kappa shape index (κ3) is 49.2. The number of hydrogen-bond acceptors (Lipinski definition) is 11. The standard InChI is InChI=1S/C15H23N3O.C15H23NO2.C15H23NO.C14H21N3O.C13H18O.C12H16O.C12H18.C11H15NO/c1-10-7-11(13(19)8-15(2,3)4)5-6-12(10)9-18-14(16)17;1-10-7-11(5-6-13(10)17)8-12(16)14(18)9-15(2,3)4;1-11-5-7-12(8-6-11)9-13(16)14(17)10-15(2,3)4;1-9-5-10(8-17-13(15)16)7-11(6-9)12(18)14(2,3)4;1-10-5-7-11(8-6-10)12(14)9-13(2,3)4;1-9-6-5-7-10(8-9)11(13)12(2,3)4;1-10-6-5-7-11(8-10)9-12(2,3)4;1-8-5-9(7-12-6-8)10(13)11(2,3)4/h5-7H,8-9H2,1-4H3,(H4,16,17,18);5-7,12,17H,8-9,16H2,1-4H3;5-8,13H,9-10,16H2,1-4H3;5-7H,8H2,1-4H3,(H4,15,16,17);5-8H,9H2,1-4H3;5-8H,1-4H3;5-8H,9H2,1-4H3;5-7H,1-4H3/p+2. The Labute approximate surface area is 747 Å². The Morgan fingerprint density at radius 2 is 0.726 bits per heavy atom. The van der Waals surface area contributed by atoms with Crippen LogP contribution in [0.2, 0.25) is 0 Å². The van der Waals surface area contributed by atoms with Gasteiger partial charge in [0.2, 0.25) is 0 Å². The fraction of sp³-hybridized carbons (Fsp3) is 0.477. The normalized spacial score (nSPS) is 11.9. The van der Waals surface area contributed by atoms with E-state index < -0.39 is 6.04 Å². The number of aryl methyl sites for hydroxylation is 8. The lowest BCUT2D eigenvalue weighted by Gasteiger charge is -2.20. The topological polar surface area (TPSA) is 337 Å². The molecule has 8 aromatic rings. The van der Waals surface area contributed by atoms with Gasteiger partial charge in [0, 0.05) is 82.1 Å². The van der Waals surface area contributed by atoms with Crippen LogP contribution in [0.1, 0.15) is 316 Å². The number of nitrogens with zero attached hydrogens (tertiary/aromatic N) is 1. The van der Waals surface area contributed by atoms with Crippen LogP contribution in [0.3, 0.4) is 0 Å². The molecule has 124 heavy (non-hydrogen) atoms. The maximum absolute atomic E-state index is 12.2. The number of carbonyl (C=O) groups is 7. The number of Topliss-reactive ketones (excluding diaryl/α,β-unsaturated/α-hetero) is 7. The first-order valence-electron chi connectivity index (χ1n) is 43.2. The maximum Gasteiger partial charge on any atom is 0.339 e. The van der Waals surface area contributed by atoms with Gasteiger partial charge in [-0.15, -0.1) is 0 Å². The molecule has 678 valence electrons. The number of nitrogens with one attached hydrogen (secondary N) is 2. The summed E-state index contributed by atoms with van der Waals surface area (Å²) in [5.41, 5.74) is 51.1. The minimum atomic E-state index is -0.465. The van der Waals surface area contributed by atoms with Gasteiger partial charge in [0.05, 0.1) is 25.2 Å². The van der Waals surface area contributed by atoms with Crippen LogP contribution in [0.5, 0.6) is 5.75 Å². The number of guanidine groups is 2. The van der Waals surface area contributed by atoms with Crippen molar-refractivity contribution in [3.05, 3.63) is 270 Å². The largest absolute Gasteiger partial charge is 0.508 e. The van der Waals surface area contributed by atoms with Crippen LogP contribution in [0.4, 0.5) is 0 Å². The van der Waals surface area contributed by atoms with Crippen molar-refractivity contribution in [2.45, 2.75) is 292 Å². The van der Waals surface area contributed by atoms with E-state index in [9.17, 15) is 38.7 Å². The number of pyridine rings is 1. The van der Waals surface area contributed by atoms with Crippen LogP contribution in [0.15, 0.2) is 170 Å². The summed E-state index contributed by atoms with van der Waals surface area (Å²) in [5, 5.41) is 9.44. The van der Waals surface area contributed by atoms with Gasteiger partial charge in [-0.25, -0.2) is 0 Å². The van der Waals surface area contributed by atoms with Crippen molar-refractivity contribution in [3.8, 4) is 5.75 Å². The number of carbonyl (C=O) groups excluding carboxylic acids is 7. The van der Waals surface area contributed by atoms with Crippen LogP contribution in [0, 0.1) is 98.7 Å². The fourth-order valence-corrected chi connectivity index (χ4v) is 12.3. The summed E-state index contributed by atoms with van der Waals surface area (Å²) in [4.78, 5) is 93.3. The Morgan fingerprint density at radius 3 is 1.15 bits per heavy atom. The second-order valence-corrected chi connectivity index (χ2v) is 42.4. The molecule has 17 heteroatoms. The number of phenolic OH excluding ortho intramolecular Hbond substituents is 1. The molecule has 0 aliphatic rings. The molecule has 0 bridgehead atoms. The molecule has 0 fully saturated rings. The van der Waals surface area contributed by atoms with E-state index in [0.29, 0.717) is 62.6 Å². The van der Waals surface area contributed by atoms with E-state index in [1.165, 1.54) is 22.3 Å². The van der Waals surface area contributed by atoms with E-state index in [4.69, 9.17) is 34.4 Å². The van der Waals surface area contributed by atoms with Gasteiger partial charge in [-0.2, -0.15) is 0 Å². The number of aromatic hydroxyl groups is 1. The Hall–Kier alpha value is -10.4. The van der Waals surface area contributed by atoms with Gasteiger partial charge in [-0.1, -0.05) is 315 Å². The highest BCUT2D eigenvalue weighted by atomic mass is 16.3. The van der Waals surface area contributed by atoms with Gasteiger partial charge in [0.1, 0.15) is 17.3 Å². The second-order valence-electron chi connectivity index (χ2n) is 42.4. The van der Waals surface area contributed by atoms with Crippen molar-refractivity contribution in [3.63, 3.8) is 0 Å². The summed E-state index contributed by atoms with van der Waals surface area (Å²) in [5.74, 6) is 1.79. The minimum Gasteiger partial charge on any atom is -0.508 e. The number of rotatable bonds is 20. The monoisotopic (exact) mass is 1700 g/mol. The molecule has 17 nitrogen and oxygen atoms in total. The number of phenols is 1. The summed E-state index contributed by atoms with van der Waals surface area (Å²) in [6, 6.07) is 50.4. The van der Waals surface area contributed by atoms with Crippen LogP contribution in [-0.4, -0.2) is 74.6 Å². The number of benzene rings is 7. The average molecular weight is 1700 g/mol. The van der Waals surface area contributed by atoms with Gasteiger partial charge < -0.3 is 16.6 Å². The van der Waals surface area contributed by atoms with Crippen LogP contribution < -0.4 is 44.4 Å². The Balaban J connectivity index is 0.000000712. The van der Waals surface area contributed by atoms with Crippen molar-refractivity contribution < 1.29 is 48.7 Å². The molecular weight excluding hydrogens is 1540 g/mol. The lowest BCUT2D eigenvalue weighted by Crippen LogP contribution is -2.76. The molecule has 2 atom stereocenters. The zero-order valence-electron chi connectivity index (χ0n) is 81.9. The number of hydrogen-bond donors (Lipinski definition) is 9. The Morgan fingerprint density at radius 1 is 0.331 bits per heavy atom. The van der Waals surface area contributed by atoms with Crippen LogP contribution in [0.25, 0.3) is 0 Å². The van der Waals surface area contributed by atoms with Crippen molar-refractivity contribution in [2.24, 2.45) is 77.7 Å². The summed E-state index contributed by atoms with van der Waals surface area (Å²) >= 11 is 0. The zero-order valence-corrected chi connectivity index (χ0v) is 81.9. The summed E-state index contributed by atoms with van der Waals surface area (Å²) < 4.78 is 0. The first-order valence-corrected chi connectivity index (χ1v) is 43.2. The SMILES string of the molecule is Cc1cc(C(=O)CC(C)(C)C)ccc1C[NH+]=C(N)N.Cc1cc(CC(N)C(=O)CC(C)(C)C)ccc1O.Cc1cc(C[NH+]=C(N)N)cc(C(=O)C(C)(C)C)c1.Cc1ccc(C(=O)CC(C)(C)C)cc1.Cc1ccc(CC(N)C(=O)CC(C)(C)C)cc1.Cc1cccc(C(=O)C(C)(C)C)c1.Cc1cccc(CC(C)(C)C)c1.Cc1cncc(C(=O)C(C)(C)C)c1. The fourth-order valence-electron chi connectivity index (χ4n) is 12.3. The molecule has 1 aromatic heterocycles. The van der Waals surface area contributed by atoms with Gasteiger partial charge in [0.25, 0.3) is 0 Å². The molecule has 0 saturated carbocycles. The van der Waals surface area contributed by atoms with E-state index in [2.05, 4.69) is 148 Å². The summed E-state index contributed by atoms with van der Waals surface area (Å²) in [7, 11) is 0. The van der Waals surface area contributed by atoms with Gasteiger partial charge >= 0.3 is 11.9 Å². The predicted octanol–water partition coefficient (Wildman–Crippen LogP) is 19.0. The van der Waals surface area contributed by atoms with Gasteiger partial charge in [-0.3, -0.25) is 71.5 Å². The first kappa shape index (κ1) is 112. The second kappa shape index (κ2) is 50.0. The van der Waals surface area contributed by atoms with Gasteiger partial charge in [-0.05, 0) is 183 Å². The first-order chi connectivity index (χ1) is 56.5. The van der Waals surface area contributed by atoms with Crippen molar-refractivity contribution in [2.75, 3.05) is 0 Å². The number of nitrogens with two attached hydrogens (primary N) is 6. The van der Waals surface area contributed by atoms with Crippen molar-refractivity contribution in [1.82, 2.24) is 4.98 Å². The van der Waals surface area contributed by atoms with E-state index in [-0.39, 0.29) is 102 Å². The lowest BCUT2D eigenvalue weighted by atomic mass is 9.85. The summed E-state index contributed by atoms with van der Waals surface area (Å²) in [6.45, 7) is 65.9. The molecule has 0 amide bonds. The minimum absolute atomic E-state index is 0.00811. The zero-order chi connectivity index (χ0) is 95.6. The molecule has 0 aliphatic heterocycles. The Bertz CT molecular complexity index is 4740. The average Bonchev–Trinajstić information content (AvgIpc) is 0.830. The highest BCUT2D eigenvalue weighted by Crippen LogP contribution is 2.29. The van der Waals surface area contributed by atoms with Crippen molar-refractivity contribution in [1.29, 1.82) is 0 Å². The van der Waals surface area contributed by atoms with E-state index in [1.807, 2.05) is 240 Å². The Kier molecular flexibility index (Phi) is 45.0. The van der Waals surface area contributed by atoms with Crippen LogP contribution >= 0.6 is 0 Å². The quantitative estimate of drug-likeness (QED) is 0.0195. The van der Waals surface area contributed by atoms with Gasteiger partial charge in [0.15, 0.2) is 28.9 Å². The molecule has 0 radical (unpaired) electrons. The lowest BCUT2D eigenvalue weighted by molar-refractivity contribution is -0.477.